The van der Waals surface area contributed by atoms with E-state index in [0.29, 0.717) is 6.54 Å². The molecule has 0 aliphatic rings. The molecular formula is C28H30FN3O2. The average molecular weight is 460 g/mol. The Hall–Kier alpha value is -3.64. The second kappa shape index (κ2) is 11.5. The van der Waals surface area contributed by atoms with Gasteiger partial charge in [-0.1, -0.05) is 54.6 Å². The highest BCUT2D eigenvalue weighted by atomic mass is 19.1. The Morgan fingerprint density at radius 2 is 1.68 bits per heavy atom. The zero-order valence-corrected chi connectivity index (χ0v) is 19.4. The van der Waals surface area contributed by atoms with Crippen LogP contribution in [0.25, 0.3) is 10.9 Å². The first-order chi connectivity index (χ1) is 16.6. The van der Waals surface area contributed by atoms with E-state index in [-0.39, 0.29) is 24.9 Å². The second-order valence-corrected chi connectivity index (χ2v) is 8.46. The van der Waals surface area contributed by atoms with Crippen LogP contribution in [0.1, 0.15) is 23.1 Å². The summed E-state index contributed by atoms with van der Waals surface area (Å²) in [5.41, 5.74) is 5.68. The highest BCUT2D eigenvalue weighted by molar-refractivity contribution is 5.92. The fourth-order valence-electron chi connectivity index (χ4n) is 3.96. The zero-order valence-electron chi connectivity index (χ0n) is 19.4. The number of hydrogen-bond acceptors (Lipinski definition) is 3. The number of carbonyl (C=O) groups excluding carboxylic acids is 1. The normalized spacial score (nSPS) is 11.0. The third-order valence-corrected chi connectivity index (χ3v) is 5.80. The molecule has 176 valence electrons. The van der Waals surface area contributed by atoms with Gasteiger partial charge in [0.05, 0.1) is 12.3 Å². The molecule has 34 heavy (non-hydrogen) atoms. The summed E-state index contributed by atoms with van der Waals surface area (Å²) >= 11 is 0. The molecule has 5 nitrogen and oxygen atoms in total. The standard InChI is InChI=1S/C28H30FN3O2/c1-32(27-17-31-26-7-3-2-6-25(26)27)18-22-10-8-21(9-11-22)5-4-16-30-28(33)20-34-19-23-12-14-24(29)15-13-23/h2-3,6-15,17,31H,4-5,16,18-20H2,1H3,(H,30,33). The van der Waals surface area contributed by atoms with Gasteiger partial charge in [-0.05, 0) is 47.7 Å². The van der Waals surface area contributed by atoms with E-state index in [1.165, 1.54) is 34.3 Å². The number of para-hydroxylation sites is 1. The van der Waals surface area contributed by atoms with E-state index < -0.39 is 0 Å². The molecule has 6 heteroatoms. The van der Waals surface area contributed by atoms with Gasteiger partial charge in [0.15, 0.2) is 0 Å². The van der Waals surface area contributed by atoms with Crippen molar-refractivity contribution >= 4 is 22.5 Å². The third kappa shape index (κ3) is 6.45. The van der Waals surface area contributed by atoms with Crippen LogP contribution in [-0.2, 0) is 29.1 Å². The molecule has 0 radical (unpaired) electrons. The summed E-state index contributed by atoms with van der Waals surface area (Å²) in [5.74, 6) is -0.424. The van der Waals surface area contributed by atoms with Crippen LogP contribution in [0.15, 0.2) is 79.0 Å². The molecule has 0 bridgehead atoms. The van der Waals surface area contributed by atoms with Gasteiger partial charge in [0.1, 0.15) is 12.4 Å². The number of aromatic amines is 1. The van der Waals surface area contributed by atoms with Gasteiger partial charge in [0.2, 0.25) is 5.91 Å². The summed E-state index contributed by atoms with van der Waals surface area (Å²) in [6.45, 7) is 1.71. The maximum Gasteiger partial charge on any atom is 0.246 e. The van der Waals surface area contributed by atoms with Gasteiger partial charge in [-0.2, -0.15) is 0 Å². The summed E-state index contributed by atoms with van der Waals surface area (Å²) in [5, 5.41) is 4.11. The van der Waals surface area contributed by atoms with Crippen molar-refractivity contribution in [3.63, 3.8) is 0 Å². The van der Waals surface area contributed by atoms with Crippen molar-refractivity contribution in [2.24, 2.45) is 0 Å². The SMILES string of the molecule is CN(Cc1ccc(CCCNC(=O)COCc2ccc(F)cc2)cc1)c1c[nH]c2ccccc12. The molecule has 1 heterocycles. The van der Waals surface area contributed by atoms with E-state index in [1.807, 2.05) is 6.07 Å². The predicted octanol–water partition coefficient (Wildman–Crippen LogP) is 5.21. The number of amides is 1. The monoisotopic (exact) mass is 459 g/mol. The van der Waals surface area contributed by atoms with Crippen molar-refractivity contribution < 1.29 is 13.9 Å². The Balaban J connectivity index is 1.15. The van der Waals surface area contributed by atoms with E-state index in [4.69, 9.17) is 4.74 Å². The molecule has 1 aromatic heterocycles. The van der Waals surface area contributed by atoms with Crippen LogP contribution in [0, 0.1) is 5.82 Å². The van der Waals surface area contributed by atoms with E-state index in [0.717, 1.165) is 30.5 Å². The van der Waals surface area contributed by atoms with Crippen molar-refractivity contribution in [1.82, 2.24) is 10.3 Å². The molecule has 0 aliphatic carbocycles. The van der Waals surface area contributed by atoms with E-state index in [9.17, 15) is 9.18 Å². The van der Waals surface area contributed by atoms with Gasteiger partial charge in [0, 0.05) is 37.2 Å². The van der Waals surface area contributed by atoms with Crippen molar-refractivity contribution in [1.29, 1.82) is 0 Å². The van der Waals surface area contributed by atoms with Gasteiger partial charge < -0.3 is 19.9 Å². The van der Waals surface area contributed by atoms with E-state index in [2.05, 4.69) is 70.9 Å². The maximum absolute atomic E-state index is 12.9. The lowest BCUT2D eigenvalue weighted by atomic mass is 10.1. The molecule has 0 aliphatic heterocycles. The molecule has 0 atom stereocenters. The Labute approximate surface area is 199 Å². The number of fused-ring (bicyclic) bond motifs is 1. The van der Waals surface area contributed by atoms with Crippen molar-refractivity contribution in [3.8, 4) is 0 Å². The van der Waals surface area contributed by atoms with Crippen LogP contribution < -0.4 is 10.2 Å². The van der Waals surface area contributed by atoms with Gasteiger partial charge in [-0.15, -0.1) is 0 Å². The van der Waals surface area contributed by atoms with Crippen LogP contribution in [0.4, 0.5) is 10.1 Å². The lowest BCUT2D eigenvalue weighted by molar-refractivity contribution is -0.126. The van der Waals surface area contributed by atoms with Crippen LogP contribution in [0.2, 0.25) is 0 Å². The first kappa shape index (κ1) is 23.5. The number of anilines is 1. The molecule has 0 fully saturated rings. The van der Waals surface area contributed by atoms with Crippen LogP contribution >= 0.6 is 0 Å². The van der Waals surface area contributed by atoms with E-state index in [1.54, 1.807) is 12.1 Å². The van der Waals surface area contributed by atoms with Crippen molar-refractivity contribution in [3.05, 3.63) is 102 Å². The lowest BCUT2D eigenvalue weighted by Crippen LogP contribution is -2.28. The minimum Gasteiger partial charge on any atom is -0.369 e. The number of halogens is 1. The Morgan fingerprint density at radius 1 is 0.971 bits per heavy atom. The molecule has 0 saturated heterocycles. The maximum atomic E-state index is 12.9. The number of nitrogens with zero attached hydrogens (tertiary/aromatic N) is 1. The molecule has 3 aromatic carbocycles. The lowest BCUT2D eigenvalue weighted by Gasteiger charge is -2.18. The predicted molar refractivity (Wildman–Crippen MR) is 134 cm³/mol. The number of benzene rings is 3. The first-order valence-electron chi connectivity index (χ1n) is 11.5. The minimum atomic E-state index is -0.283. The summed E-state index contributed by atoms with van der Waals surface area (Å²) < 4.78 is 18.3. The molecule has 0 spiro atoms. The number of rotatable bonds is 11. The molecular weight excluding hydrogens is 429 g/mol. The number of aromatic nitrogens is 1. The highest BCUT2D eigenvalue weighted by Crippen LogP contribution is 2.26. The summed E-state index contributed by atoms with van der Waals surface area (Å²) in [7, 11) is 2.11. The number of ether oxygens (including phenoxy) is 1. The van der Waals surface area contributed by atoms with Crippen LogP contribution in [0.5, 0.6) is 0 Å². The number of nitrogens with one attached hydrogen (secondary N) is 2. The smallest absolute Gasteiger partial charge is 0.246 e. The summed E-state index contributed by atoms with van der Waals surface area (Å²) in [6.07, 6.45) is 3.81. The minimum absolute atomic E-state index is 0.00395. The molecule has 0 saturated carbocycles. The van der Waals surface area contributed by atoms with Crippen molar-refractivity contribution in [2.75, 3.05) is 25.1 Å². The van der Waals surface area contributed by atoms with Crippen molar-refractivity contribution in [2.45, 2.75) is 26.0 Å². The molecule has 0 unspecified atom stereocenters. The molecule has 1 amide bonds. The largest absolute Gasteiger partial charge is 0.369 e. The molecule has 4 rings (SSSR count). The molecule has 2 N–H and O–H groups in total. The van der Waals surface area contributed by atoms with Gasteiger partial charge >= 0.3 is 0 Å². The molecule has 4 aromatic rings. The van der Waals surface area contributed by atoms with Gasteiger partial charge in [-0.25, -0.2) is 4.39 Å². The quantitative estimate of drug-likeness (QED) is 0.303. The third-order valence-electron chi connectivity index (χ3n) is 5.80. The fourth-order valence-corrected chi connectivity index (χ4v) is 3.96. The van der Waals surface area contributed by atoms with Crippen LogP contribution in [0.3, 0.4) is 0 Å². The number of aryl methyl sites for hydroxylation is 1. The second-order valence-electron chi connectivity index (χ2n) is 8.46. The Bertz CT molecular complexity index is 1200. The Kier molecular flexibility index (Phi) is 7.94. The van der Waals surface area contributed by atoms with Gasteiger partial charge in [0.25, 0.3) is 0 Å². The topological polar surface area (TPSA) is 57.4 Å². The zero-order chi connectivity index (χ0) is 23.8. The van der Waals surface area contributed by atoms with Crippen LogP contribution in [-0.4, -0.2) is 31.1 Å². The van der Waals surface area contributed by atoms with Gasteiger partial charge in [-0.3, -0.25) is 4.79 Å². The number of H-pyrrole nitrogens is 1. The summed E-state index contributed by atoms with van der Waals surface area (Å²) in [6, 6.07) is 23.0. The highest BCUT2D eigenvalue weighted by Gasteiger charge is 2.08. The average Bonchev–Trinajstić information content (AvgIpc) is 3.28. The number of carbonyl (C=O) groups is 1. The number of hydrogen-bond donors (Lipinski definition) is 2. The summed E-state index contributed by atoms with van der Waals surface area (Å²) in [4.78, 5) is 17.5. The fraction of sp³-hybridized carbons (Fsp3) is 0.250. The first-order valence-corrected chi connectivity index (χ1v) is 11.5. The Morgan fingerprint density at radius 3 is 2.47 bits per heavy atom. The van der Waals surface area contributed by atoms with E-state index >= 15 is 0 Å².